The zero-order valence-electron chi connectivity index (χ0n) is 10.9. The van der Waals surface area contributed by atoms with Gasteiger partial charge < -0.3 is 20.5 Å². The molecule has 1 heterocycles. The lowest BCUT2D eigenvalue weighted by atomic mass is 9.82. The number of rotatable bonds is 7. The number of carboxylic acids is 1. The van der Waals surface area contributed by atoms with Crippen molar-refractivity contribution in [2.75, 3.05) is 11.9 Å². The molecule has 0 spiro atoms. The maximum atomic E-state index is 11.3. The summed E-state index contributed by atoms with van der Waals surface area (Å²) in [7, 11) is 0. The van der Waals surface area contributed by atoms with Gasteiger partial charge in [0.1, 0.15) is 0 Å². The molecule has 1 rings (SSSR count). The van der Waals surface area contributed by atoms with E-state index in [2.05, 4.69) is 10.3 Å². The van der Waals surface area contributed by atoms with Gasteiger partial charge in [0.2, 0.25) is 0 Å². The van der Waals surface area contributed by atoms with E-state index in [-0.39, 0.29) is 12.4 Å². The fraction of sp³-hybridized carbons (Fsp3) is 0.500. The van der Waals surface area contributed by atoms with Crippen LogP contribution in [0.4, 0.5) is 11.5 Å². The van der Waals surface area contributed by atoms with E-state index in [1.54, 1.807) is 0 Å². The molecule has 19 heavy (non-hydrogen) atoms. The average molecular weight is 267 g/mol. The Hall–Kier alpha value is -2.18. The second kappa shape index (κ2) is 6.12. The molecule has 7 nitrogen and oxygen atoms in total. The van der Waals surface area contributed by atoms with Gasteiger partial charge in [0.05, 0.1) is 11.1 Å². The Balaban J connectivity index is 2.75. The number of carboxylic acid groups (broad SMARTS) is 1. The van der Waals surface area contributed by atoms with Crippen molar-refractivity contribution >= 4 is 17.5 Å². The maximum Gasteiger partial charge on any atom is 0.363 e. The monoisotopic (exact) mass is 267 g/mol. The highest BCUT2D eigenvalue weighted by Gasteiger charge is 2.34. The smallest absolute Gasteiger partial charge is 0.363 e. The molecule has 0 aromatic carbocycles. The van der Waals surface area contributed by atoms with Gasteiger partial charge in [0.25, 0.3) is 0 Å². The SMILES string of the molecule is CCC(CC)(CNc1ccc([N+](=O)[O-])nc1)C(=O)O. The molecule has 0 fully saturated rings. The van der Waals surface area contributed by atoms with E-state index in [4.69, 9.17) is 0 Å². The lowest BCUT2D eigenvalue weighted by Gasteiger charge is -2.27. The molecule has 7 heteroatoms. The van der Waals surface area contributed by atoms with Gasteiger partial charge in [-0.1, -0.05) is 13.8 Å². The molecule has 0 radical (unpaired) electrons. The minimum atomic E-state index is -0.847. The van der Waals surface area contributed by atoms with Gasteiger partial charge in [-0.05, 0) is 28.8 Å². The molecule has 104 valence electrons. The van der Waals surface area contributed by atoms with Crippen LogP contribution in [0.15, 0.2) is 18.3 Å². The summed E-state index contributed by atoms with van der Waals surface area (Å²) >= 11 is 0. The Kier molecular flexibility index (Phi) is 4.80. The number of carbonyl (C=O) groups is 1. The maximum absolute atomic E-state index is 11.3. The third-order valence-corrected chi connectivity index (χ3v) is 3.37. The van der Waals surface area contributed by atoms with Crippen molar-refractivity contribution in [3.63, 3.8) is 0 Å². The molecule has 0 aliphatic carbocycles. The van der Waals surface area contributed by atoms with Gasteiger partial charge >= 0.3 is 11.8 Å². The van der Waals surface area contributed by atoms with Crippen LogP contribution in [0.25, 0.3) is 0 Å². The Labute approximate surface area is 110 Å². The minimum absolute atomic E-state index is 0.235. The molecule has 0 aliphatic heterocycles. The summed E-state index contributed by atoms with van der Waals surface area (Å²) in [6.45, 7) is 3.91. The standard InChI is InChI=1S/C12H17N3O4/c1-3-12(4-2,11(16)17)8-14-9-5-6-10(13-7-9)15(18)19/h5-7,14H,3-4,8H2,1-2H3,(H,16,17). The number of hydrogen-bond donors (Lipinski definition) is 2. The van der Waals surface area contributed by atoms with Crippen molar-refractivity contribution in [3.05, 3.63) is 28.4 Å². The van der Waals surface area contributed by atoms with Crippen LogP contribution in [0.1, 0.15) is 26.7 Å². The third-order valence-electron chi connectivity index (χ3n) is 3.37. The van der Waals surface area contributed by atoms with Gasteiger partial charge in [-0.2, -0.15) is 0 Å². The Morgan fingerprint density at radius 2 is 2.11 bits per heavy atom. The molecule has 0 unspecified atom stereocenters. The summed E-state index contributed by atoms with van der Waals surface area (Å²) in [4.78, 5) is 24.8. The van der Waals surface area contributed by atoms with Crippen molar-refractivity contribution in [1.29, 1.82) is 0 Å². The van der Waals surface area contributed by atoms with Crippen LogP contribution < -0.4 is 5.32 Å². The van der Waals surface area contributed by atoms with Crippen molar-refractivity contribution in [2.24, 2.45) is 5.41 Å². The molecule has 0 aliphatic rings. The van der Waals surface area contributed by atoms with Crippen molar-refractivity contribution in [2.45, 2.75) is 26.7 Å². The molecule has 0 saturated carbocycles. The number of nitrogens with one attached hydrogen (secondary N) is 1. The van der Waals surface area contributed by atoms with Crippen molar-refractivity contribution in [1.82, 2.24) is 4.98 Å². The van der Waals surface area contributed by atoms with Gasteiger partial charge in [0.15, 0.2) is 6.20 Å². The zero-order valence-corrected chi connectivity index (χ0v) is 10.9. The summed E-state index contributed by atoms with van der Waals surface area (Å²) in [6, 6.07) is 2.80. The first-order valence-electron chi connectivity index (χ1n) is 6.03. The molecule has 0 bridgehead atoms. The molecule has 1 aromatic rings. The number of hydrogen-bond acceptors (Lipinski definition) is 5. The summed E-state index contributed by atoms with van der Waals surface area (Å²) in [5.41, 5.74) is -0.264. The Bertz CT molecular complexity index is 455. The highest BCUT2D eigenvalue weighted by atomic mass is 16.6. The van der Waals surface area contributed by atoms with Crippen LogP contribution >= 0.6 is 0 Å². The molecule has 2 N–H and O–H groups in total. The van der Waals surface area contributed by atoms with Gasteiger partial charge in [-0.15, -0.1) is 0 Å². The van der Waals surface area contributed by atoms with Crippen LogP contribution in [0.2, 0.25) is 0 Å². The van der Waals surface area contributed by atoms with Crippen LogP contribution in [0, 0.1) is 15.5 Å². The van der Waals surface area contributed by atoms with E-state index >= 15 is 0 Å². The second-order valence-electron chi connectivity index (χ2n) is 4.31. The number of aromatic nitrogens is 1. The Morgan fingerprint density at radius 3 is 2.47 bits per heavy atom. The number of pyridine rings is 1. The molecule has 0 saturated heterocycles. The number of nitro groups is 1. The average Bonchev–Trinajstić information content (AvgIpc) is 2.40. The van der Waals surface area contributed by atoms with Crippen LogP contribution in [-0.4, -0.2) is 27.5 Å². The van der Waals surface area contributed by atoms with Gasteiger partial charge in [-0.25, -0.2) is 0 Å². The van der Waals surface area contributed by atoms with E-state index in [0.717, 1.165) is 0 Å². The molecular weight excluding hydrogens is 250 g/mol. The highest BCUT2D eigenvalue weighted by Crippen LogP contribution is 2.27. The summed E-state index contributed by atoms with van der Waals surface area (Å²) < 4.78 is 0. The van der Waals surface area contributed by atoms with Crippen molar-refractivity contribution in [3.8, 4) is 0 Å². The topological polar surface area (TPSA) is 105 Å². The molecule has 0 amide bonds. The van der Waals surface area contributed by atoms with Crippen molar-refractivity contribution < 1.29 is 14.8 Å². The summed E-state index contributed by atoms with van der Waals surface area (Å²) in [5.74, 6) is -1.08. The number of anilines is 1. The van der Waals surface area contributed by atoms with E-state index in [0.29, 0.717) is 18.5 Å². The fourth-order valence-corrected chi connectivity index (χ4v) is 1.75. The second-order valence-corrected chi connectivity index (χ2v) is 4.31. The quantitative estimate of drug-likeness (QED) is 0.580. The van der Waals surface area contributed by atoms with Crippen LogP contribution in [-0.2, 0) is 4.79 Å². The third kappa shape index (κ3) is 3.40. The molecular formula is C12H17N3O4. The highest BCUT2D eigenvalue weighted by molar-refractivity contribution is 5.75. The van der Waals surface area contributed by atoms with E-state index < -0.39 is 16.3 Å². The van der Waals surface area contributed by atoms with E-state index in [1.165, 1.54) is 18.3 Å². The lowest BCUT2D eigenvalue weighted by molar-refractivity contribution is -0.389. The van der Waals surface area contributed by atoms with Crippen LogP contribution in [0.5, 0.6) is 0 Å². The van der Waals surface area contributed by atoms with Gasteiger partial charge in [0, 0.05) is 12.6 Å². The largest absolute Gasteiger partial charge is 0.481 e. The summed E-state index contributed by atoms with van der Waals surface area (Å²) in [6.07, 6.45) is 2.34. The van der Waals surface area contributed by atoms with E-state index in [1.807, 2.05) is 13.8 Å². The first-order valence-corrected chi connectivity index (χ1v) is 6.03. The van der Waals surface area contributed by atoms with E-state index in [9.17, 15) is 20.0 Å². The normalized spacial score (nSPS) is 11.1. The summed E-state index contributed by atoms with van der Waals surface area (Å²) in [5, 5.41) is 22.7. The Morgan fingerprint density at radius 1 is 1.47 bits per heavy atom. The predicted molar refractivity (Wildman–Crippen MR) is 70.0 cm³/mol. The predicted octanol–water partition coefficient (Wildman–Crippen LogP) is 2.29. The number of aliphatic carboxylic acids is 1. The van der Waals surface area contributed by atoms with Gasteiger partial charge in [-0.3, -0.25) is 4.79 Å². The first kappa shape index (κ1) is 14.9. The fourth-order valence-electron chi connectivity index (χ4n) is 1.75. The first-order chi connectivity index (χ1) is 8.95. The van der Waals surface area contributed by atoms with Crippen LogP contribution in [0.3, 0.4) is 0 Å². The molecule has 1 aromatic heterocycles. The molecule has 0 atom stereocenters. The lowest BCUT2D eigenvalue weighted by Crippen LogP contribution is -2.36. The number of nitrogens with zero attached hydrogens (tertiary/aromatic N) is 2. The minimum Gasteiger partial charge on any atom is -0.481 e. The zero-order chi connectivity index (χ0) is 14.5.